The molecule has 2 nitrogen and oxygen atoms in total. The predicted molar refractivity (Wildman–Crippen MR) is 88.6 cm³/mol. The fourth-order valence-corrected chi connectivity index (χ4v) is 2.70. The van der Waals surface area contributed by atoms with Gasteiger partial charge in [0.25, 0.3) is 0 Å². The second-order valence-corrected chi connectivity index (χ2v) is 6.72. The van der Waals surface area contributed by atoms with Gasteiger partial charge in [0.1, 0.15) is 0 Å². The SMILES string of the molecule is CCN(CC1CC1)c1ccc(Cl)cc1CNCC(C)C. The Morgan fingerprint density at radius 2 is 2.10 bits per heavy atom. The Bertz CT molecular complexity index is 427. The summed E-state index contributed by atoms with van der Waals surface area (Å²) in [4.78, 5) is 2.50. The fourth-order valence-electron chi connectivity index (χ4n) is 2.51. The number of nitrogens with zero attached hydrogens (tertiary/aromatic N) is 1. The first kappa shape index (κ1) is 15.7. The summed E-state index contributed by atoms with van der Waals surface area (Å²) in [6.07, 6.45) is 2.79. The van der Waals surface area contributed by atoms with Gasteiger partial charge in [-0.2, -0.15) is 0 Å². The van der Waals surface area contributed by atoms with Crippen molar-refractivity contribution in [2.24, 2.45) is 11.8 Å². The quantitative estimate of drug-likeness (QED) is 0.768. The first-order chi connectivity index (χ1) is 9.60. The minimum Gasteiger partial charge on any atom is -0.371 e. The van der Waals surface area contributed by atoms with Gasteiger partial charge in [0.2, 0.25) is 0 Å². The van der Waals surface area contributed by atoms with Crippen LogP contribution in [-0.4, -0.2) is 19.6 Å². The molecule has 0 spiro atoms. The molecule has 0 aliphatic heterocycles. The van der Waals surface area contributed by atoms with Crippen LogP contribution in [0, 0.1) is 11.8 Å². The van der Waals surface area contributed by atoms with Crippen LogP contribution in [0.1, 0.15) is 39.2 Å². The highest BCUT2D eigenvalue weighted by atomic mass is 35.5. The highest BCUT2D eigenvalue weighted by Gasteiger charge is 2.24. The molecule has 1 fully saturated rings. The molecule has 20 heavy (non-hydrogen) atoms. The molecule has 1 aliphatic carbocycles. The van der Waals surface area contributed by atoms with Gasteiger partial charge in [0.05, 0.1) is 0 Å². The lowest BCUT2D eigenvalue weighted by molar-refractivity contribution is 0.551. The van der Waals surface area contributed by atoms with Gasteiger partial charge >= 0.3 is 0 Å². The molecule has 0 saturated heterocycles. The van der Waals surface area contributed by atoms with Crippen molar-refractivity contribution < 1.29 is 0 Å². The van der Waals surface area contributed by atoms with Crippen LogP contribution in [0.25, 0.3) is 0 Å². The molecule has 0 atom stereocenters. The number of hydrogen-bond acceptors (Lipinski definition) is 2. The molecule has 112 valence electrons. The average molecular weight is 295 g/mol. The van der Waals surface area contributed by atoms with Crippen molar-refractivity contribution in [1.29, 1.82) is 0 Å². The third kappa shape index (κ3) is 4.68. The molecule has 0 aromatic heterocycles. The fraction of sp³-hybridized carbons (Fsp3) is 0.647. The van der Waals surface area contributed by atoms with E-state index in [9.17, 15) is 0 Å². The summed E-state index contributed by atoms with van der Waals surface area (Å²) in [5.74, 6) is 1.58. The molecular formula is C17H27ClN2. The zero-order valence-corrected chi connectivity index (χ0v) is 13.7. The van der Waals surface area contributed by atoms with E-state index in [4.69, 9.17) is 11.6 Å². The summed E-state index contributed by atoms with van der Waals surface area (Å²) >= 11 is 6.18. The molecule has 1 aromatic rings. The smallest absolute Gasteiger partial charge is 0.0412 e. The van der Waals surface area contributed by atoms with E-state index in [1.807, 2.05) is 6.07 Å². The number of hydrogen-bond donors (Lipinski definition) is 1. The van der Waals surface area contributed by atoms with Crippen molar-refractivity contribution in [3.63, 3.8) is 0 Å². The maximum atomic E-state index is 6.18. The lowest BCUT2D eigenvalue weighted by Gasteiger charge is -2.26. The third-order valence-electron chi connectivity index (χ3n) is 3.81. The van der Waals surface area contributed by atoms with E-state index in [1.165, 1.54) is 30.6 Å². The van der Waals surface area contributed by atoms with Gasteiger partial charge < -0.3 is 10.2 Å². The highest BCUT2D eigenvalue weighted by Crippen LogP contribution is 2.33. The standard InChI is InChI=1S/C17H27ClN2/c1-4-20(12-14-5-6-14)17-8-7-16(18)9-15(17)11-19-10-13(2)3/h7-9,13-14,19H,4-6,10-12H2,1-3H3. The van der Waals surface area contributed by atoms with Crippen molar-refractivity contribution in [3.8, 4) is 0 Å². The van der Waals surface area contributed by atoms with Crippen LogP contribution in [0.2, 0.25) is 5.02 Å². The lowest BCUT2D eigenvalue weighted by Crippen LogP contribution is -2.28. The Morgan fingerprint density at radius 3 is 2.70 bits per heavy atom. The van der Waals surface area contributed by atoms with E-state index in [-0.39, 0.29) is 0 Å². The summed E-state index contributed by atoms with van der Waals surface area (Å²) in [6.45, 7) is 10.9. The van der Waals surface area contributed by atoms with Gasteiger partial charge in [-0.1, -0.05) is 25.4 Å². The van der Waals surface area contributed by atoms with E-state index in [2.05, 4.69) is 43.1 Å². The normalized spacial score (nSPS) is 14.8. The monoisotopic (exact) mass is 294 g/mol. The highest BCUT2D eigenvalue weighted by molar-refractivity contribution is 6.30. The topological polar surface area (TPSA) is 15.3 Å². The van der Waals surface area contributed by atoms with Crippen molar-refractivity contribution in [2.45, 2.75) is 40.2 Å². The Hall–Kier alpha value is -0.730. The van der Waals surface area contributed by atoms with E-state index in [1.54, 1.807) is 0 Å². The van der Waals surface area contributed by atoms with Gasteiger partial charge in [0.15, 0.2) is 0 Å². The molecule has 0 radical (unpaired) electrons. The summed E-state index contributed by atoms with van der Waals surface area (Å²) in [5.41, 5.74) is 2.67. The molecule has 2 rings (SSSR count). The maximum absolute atomic E-state index is 6.18. The number of anilines is 1. The van der Waals surface area contributed by atoms with Gasteiger partial charge in [-0.15, -0.1) is 0 Å². The lowest BCUT2D eigenvalue weighted by atomic mass is 10.1. The Labute approximate surface area is 128 Å². The van der Waals surface area contributed by atoms with Crippen LogP contribution in [0.3, 0.4) is 0 Å². The minimum absolute atomic E-state index is 0.673. The van der Waals surface area contributed by atoms with Crippen molar-refractivity contribution >= 4 is 17.3 Å². The van der Waals surface area contributed by atoms with Crippen LogP contribution in [-0.2, 0) is 6.54 Å². The van der Waals surface area contributed by atoms with Crippen LogP contribution in [0.5, 0.6) is 0 Å². The second-order valence-electron chi connectivity index (χ2n) is 6.28. The minimum atomic E-state index is 0.673. The van der Waals surface area contributed by atoms with E-state index in [0.717, 1.165) is 30.6 Å². The molecule has 1 saturated carbocycles. The van der Waals surface area contributed by atoms with E-state index in [0.29, 0.717) is 5.92 Å². The Balaban J connectivity index is 2.08. The Morgan fingerprint density at radius 1 is 1.35 bits per heavy atom. The zero-order valence-electron chi connectivity index (χ0n) is 13.0. The number of halogens is 1. The van der Waals surface area contributed by atoms with Crippen molar-refractivity contribution in [3.05, 3.63) is 28.8 Å². The molecule has 0 unspecified atom stereocenters. The summed E-state index contributed by atoms with van der Waals surface area (Å²) in [5, 5.41) is 4.36. The van der Waals surface area contributed by atoms with E-state index >= 15 is 0 Å². The molecule has 3 heteroatoms. The van der Waals surface area contributed by atoms with Gasteiger partial charge in [0, 0.05) is 30.3 Å². The maximum Gasteiger partial charge on any atom is 0.0412 e. The summed E-state index contributed by atoms with van der Waals surface area (Å²) < 4.78 is 0. The van der Waals surface area contributed by atoms with Crippen molar-refractivity contribution in [1.82, 2.24) is 5.32 Å². The van der Waals surface area contributed by atoms with Crippen molar-refractivity contribution in [2.75, 3.05) is 24.5 Å². The predicted octanol–water partition coefficient (Wildman–Crippen LogP) is 4.32. The molecule has 0 bridgehead atoms. The molecule has 1 aliphatic rings. The van der Waals surface area contributed by atoms with Gasteiger partial charge in [-0.05, 0) is 61.9 Å². The largest absolute Gasteiger partial charge is 0.371 e. The van der Waals surface area contributed by atoms with Gasteiger partial charge in [-0.25, -0.2) is 0 Å². The second kappa shape index (κ2) is 7.33. The third-order valence-corrected chi connectivity index (χ3v) is 4.04. The van der Waals surface area contributed by atoms with Crippen LogP contribution in [0.15, 0.2) is 18.2 Å². The first-order valence-electron chi connectivity index (χ1n) is 7.84. The number of rotatable bonds is 8. The number of nitrogens with one attached hydrogen (secondary N) is 1. The zero-order chi connectivity index (χ0) is 14.5. The molecule has 0 amide bonds. The average Bonchev–Trinajstić information content (AvgIpc) is 3.20. The van der Waals surface area contributed by atoms with Crippen LogP contribution in [0.4, 0.5) is 5.69 Å². The number of benzene rings is 1. The molecule has 0 heterocycles. The van der Waals surface area contributed by atoms with Crippen LogP contribution < -0.4 is 10.2 Å². The van der Waals surface area contributed by atoms with Crippen LogP contribution >= 0.6 is 11.6 Å². The van der Waals surface area contributed by atoms with E-state index < -0.39 is 0 Å². The molecular weight excluding hydrogens is 268 g/mol. The van der Waals surface area contributed by atoms with Gasteiger partial charge in [-0.3, -0.25) is 0 Å². The summed E-state index contributed by atoms with van der Waals surface area (Å²) in [6, 6.07) is 6.30. The molecule has 1 aromatic carbocycles. The summed E-state index contributed by atoms with van der Waals surface area (Å²) in [7, 11) is 0. The Kier molecular flexibility index (Phi) is 5.74. The first-order valence-corrected chi connectivity index (χ1v) is 8.22. The molecule has 1 N–H and O–H groups in total.